The van der Waals surface area contributed by atoms with Crippen LogP contribution < -0.4 is 10.6 Å². The summed E-state index contributed by atoms with van der Waals surface area (Å²) in [5.74, 6) is -0.320. The maximum Gasteiger partial charge on any atom is 0.257 e. The van der Waals surface area contributed by atoms with Gasteiger partial charge >= 0.3 is 0 Å². The van der Waals surface area contributed by atoms with Crippen LogP contribution in [-0.4, -0.2) is 19.8 Å². The molecule has 5 nitrogen and oxygen atoms in total. The molecule has 0 radical (unpaired) electrons. The number of thiocarbonyl (C=S) groups is 1. The number of aromatic nitrogens is 2. The van der Waals surface area contributed by atoms with Gasteiger partial charge in [0.1, 0.15) is 11.0 Å². The van der Waals surface area contributed by atoms with Crippen molar-refractivity contribution in [2.45, 2.75) is 0 Å². The first-order chi connectivity index (χ1) is 10.6. The van der Waals surface area contributed by atoms with E-state index >= 15 is 0 Å². The lowest BCUT2D eigenvalue weighted by molar-refractivity contribution is 0.0978. The Labute approximate surface area is 140 Å². The number of rotatable bonds is 2. The van der Waals surface area contributed by atoms with Crippen LogP contribution in [-0.2, 0) is 0 Å². The number of carbonyl (C=O) groups excluding carboxylic acids is 1. The van der Waals surface area contributed by atoms with Crippen molar-refractivity contribution in [1.29, 1.82) is 0 Å². The number of carbonyl (C=O) groups is 1. The molecular weight excluding hydrogens is 340 g/mol. The second-order valence-electron chi connectivity index (χ2n) is 4.36. The van der Waals surface area contributed by atoms with E-state index in [1.54, 1.807) is 30.3 Å². The fourth-order valence-corrected chi connectivity index (χ4v) is 2.72. The zero-order valence-corrected chi connectivity index (χ0v) is 13.4. The highest BCUT2D eigenvalue weighted by Crippen LogP contribution is 2.20. The highest BCUT2D eigenvalue weighted by Gasteiger charge is 2.10. The molecule has 0 saturated heterocycles. The predicted octanol–water partition coefficient (Wildman–Crippen LogP) is 3.47. The van der Waals surface area contributed by atoms with E-state index in [2.05, 4.69) is 19.4 Å². The largest absolute Gasteiger partial charge is 0.331 e. The normalized spacial score (nSPS) is 10.4. The Kier molecular flexibility index (Phi) is 4.28. The molecule has 8 heteroatoms. The number of fused-ring (bicyclic) bond motifs is 1. The third-order valence-electron chi connectivity index (χ3n) is 2.87. The first-order valence-corrected chi connectivity index (χ1v) is 7.74. The topological polar surface area (TPSA) is 66.9 Å². The maximum absolute atomic E-state index is 12.2. The minimum absolute atomic E-state index is 0.176. The molecule has 0 fully saturated rings. The summed E-state index contributed by atoms with van der Waals surface area (Å²) in [6.45, 7) is 0. The van der Waals surface area contributed by atoms with Gasteiger partial charge in [0.2, 0.25) is 0 Å². The molecule has 3 rings (SSSR count). The summed E-state index contributed by atoms with van der Waals surface area (Å²) in [5.41, 5.74) is 2.54. The quantitative estimate of drug-likeness (QED) is 0.694. The fourth-order valence-electron chi connectivity index (χ4n) is 1.81. The SMILES string of the molecule is O=C(NC(=S)Nc1ccccc1Cl)c1ccc2nsnc2c1. The molecule has 110 valence electrons. The Hall–Kier alpha value is -2.09. The average molecular weight is 349 g/mol. The molecule has 0 aliphatic heterocycles. The molecule has 0 aliphatic carbocycles. The zero-order valence-electron chi connectivity index (χ0n) is 11.0. The van der Waals surface area contributed by atoms with Gasteiger partial charge < -0.3 is 5.32 Å². The van der Waals surface area contributed by atoms with Crippen LogP contribution in [0.15, 0.2) is 42.5 Å². The summed E-state index contributed by atoms with van der Waals surface area (Å²) in [4.78, 5) is 12.2. The third kappa shape index (κ3) is 3.22. The summed E-state index contributed by atoms with van der Waals surface area (Å²) in [7, 11) is 0. The summed E-state index contributed by atoms with van der Waals surface area (Å²) in [6, 6.07) is 12.2. The minimum Gasteiger partial charge on any atom is -0.331 e. The van der Waals surface area contributed by atoms with E-state index in [1.807, 2.05) is 12.1 Å². The summed E-state index contributed by atoms with van der Waals surface area (Å²) >= 11 is 12.3. The number of nitrogens with one attached hydrogen (secondary N) is 2. The van der Waals surface area contributed by atoms with Gasteiger partial charge in [-0.05, 0) is 42.5 Å². The van der Waals surface area contributed by atoms with Crippen LogP contribution in [0.25, 0.3) is 11.0 Å². The standard InChI is InChI=1S/C14H9ClN4OS2/c15-9-3-1-2-4-10(9)16-14(21)17-13(20)8-5-6-11-12(7-8)19-22-18-11/h1-7H,(H2,16,17,20,21). The van der Waals surface area contributed by atoms with Crippen LogP contribution >= 0.6 is 35.5 Å². The Balaban J connectivity index is 1.70. The number of hydrogen-bond acceptors (Lipinski definition) is 5. The van der Waals surface area contributed by atoms with Gasteiger partial charge in [0, 0.05) is 5.56 Å². The molecule has 1 heterocycles. The Bertz CT molecular complexity index is 865. The number of benzene rings is 2. The van der Waals surface area contributed by atoms with Crippen molar-refractivity contribution < 1.29 is 4.79 Å². The molecule has 0 spiro atoms. The molecule has 3 aromatic rings. The van der Waals surface area contributed by atoms with E-state index in [1.165, 1.54) is 0 Å². The highest BCUT2D eigenvalue weighted by molar-refractivity contribution is 7.80. The van der Waals surface area contributed by atoms with Crippen LogP contribution in [0.5, 0.6) is 0 Å². The van der Waals surface area contributed by atoms with Crippen molar-refractivity contribution in [3.8, 4) is 0 Å². The van der Waals surface area contributed by atoms with Crippen LogP contribution in [0.1, 0.15) is 10.4 Å². The van der Waals surface area contributed by atoms with Gasteiger partial charge in [-0.2, -0.15) is 8.75 Å². The summed E-state index contributed by atoms with van der Waals surface area (Å²) in [6.07, 6.45) is 0. The van der Waals surface area contributed by atoms with Gasteiger partial charge in [-0.15, -0.1) is 0 Å². The summed E-state index contributed by atoms with van der Waals surface area (Å²) in [5, 5.41) is 6.19. The smallest absolute Gasteiger partial charge is 0.257 e. The van der Waals surface area contributed by atoms with E-state index in [4.69, 9.17) is 23.8 Å². The predicted molar refractivity (Wildman–Crippen MR) is 92.6 cm³/mol. The van der Waals surface area contributed by atoms with Crippen molar-refractivity contribution in [3.05, 3.63) is 53.1 Å². The Morgan fingerprint density at radius 2 is 1.91 bits per heavy atom. The molecule has 0 atom stereocenters. The molecule has 2 aromatic carbocycles. The fraction of sp³-hybridized carbons (Fsp3) is 0. The van der Waals surface area contributed by atoms with E-state index in [9.17, 15) is 4.79 Å². The van der Waals surface area contributed by atoms with Crippen LogP contribution in [0.3, 0.4) is 0 Å². The molecular formula is C14H9ClN4OS2. The lowest BCUT2D eigenvalue weighted by atomic mass is 10.2. The van der Waals surface area contributed by atoms with Gasteiger partial charge in [0.05, 0.1) is 22.4 Å². The van der Waals surface area contributed by atoms with Gasteiger partial charge in [0.15, 0.2) is 5.11 Å². The minimum atomic E-state index is -0.320. The maximum atomic E-state index is 12.2. The molecule has 1 aromatic heterocycles. The second-order valence-corrected chi connectivity index (χ2v) is 5.70. The van der Waals surface area contributed by atoms with E-state index in [0.29, 0.717) is 21.8 Å². The number of amides is 1. The molecule has 0 saturated carbocycles. The van der Waals surface area contributed by atoms with Crippen molar-refractivity contribution in [3.63, 3.8) is 0 Å². The van der Waals surface area contributed by atoms with Gasteiger partial charge in [0.25, 0.3) is 5.91 Å². The van der Waals surface area contributed by atoms with Crippen LogP contribution in [0.4, 0.5) is 5.69 Å². The Morgan fingerprint density at radius 1 is 1.14 bits per heavy atom. The molecule has 0 aliphatic rings. The van der Waals surface area contributed by atoms with Gasteiger partial charge in [-0.3, -0.25) is 10.1 Å². The van der Waals surface area contributed by atoms with Crippen molar-refractivity contribution in [2.75, 3.05) is 5.32 Å². The van der Waals surface area contributed by atoms with Crippen LogP contribution in [0.2, 0.25) is 5.02 Å². The molecule has 2 N–H and O–H groups in total. The summed E-state index contributed by atoms with van der Waals surface area (Å²) < 4.78 is 8.20. The molecule has 0 bridgehead atoms. The second kappa shape index (κ2) is 6.35. The van der Waals surface area contributed by atoms with Gasteiger partial charge in [-0.1, -0.05) is 23.7 Å². The number of hydrogen-bond donors (Lipinski definition) is 2. The first kappa shape index (κ1) is 14.8. The molecule has 1 amide bonds. The number of anilines is 1. The first-order valence-electron chi connectivity index (χ1n) is 6.22. The lowest BCUT2D eigenvalue weighted by Crippen LogP contribution is -2.34. The number of para-hydroxylation sites is 1. The van der Waals surface area contributed by atoms with Crippen molar-refractivity contribution in [1.82, 2.24) is 14.1 Å². The van der Waals surface area contributed by atoms with E-state index < -0.39 is 0 Å². The lowest BCUT2D eigenvalue weighted by Gasteiger charge is -2.10. The van der Waals surface area contributed by atoms with Crippen molar-refractivity contribution in [2.24, 2.45) is 0 Å². The molecule has 0 unspecified atom stereocenters. The monoisotopic (exact) mass is 348 g/mol. The number of nitrogens with zero attached hydrogens (tertiary/aromatic N) is 2. The van der Waals surface area contributed by atoms with E-state index in [-0.39, 0.29) is 11.0 Å². The van der Waals surface area contributed by atoms with Gasteiger partial charge in [-0.25, -0.2) is 0 Å². The number of halogens is 1. The Morgan fingerprint density at radius 3 is 2.73 bits per heavy atom. The average Bonchev–Trinajstić information content (AvgIpc) is 2.97. The van der Waals surface area contributed by atoms with Crippen molar-refractivity contribution >= 4 is 63.3 Å². The molecule has 22 heavy (non-hydrogen) atoms. The van der Waals surface area contributed by atoms with Crippen LogP contribution in [0, 0.1) is 0 Å². The van der Waals surface area contributed by atoms with E-state index in [0.717, 1.165) is 17.2 Å². The third-order valence-corrected chi connectivity index (χ3v) is 3.96. The highest BCUT2D eigenvalue weighted by atomic mass is 35.5. The zero-order chi connectivity index (χ0) is 15.5.